The van der Waals surface area contributed by atoms with Crippen molar-refractivity contribution in [1.29, 1.82) is 0 Å². The van der Waals surface area contributed by atoms with E-state index in [-0.39, 0.29) is 11.9 Å². The lowest BCUT2D eigenvalue weighted by molar-refractivity contribution is -1.02. The van der Waals surface area contributed by atoms with Gasteiger partial charge in [-0.2, -0.15) is 0 Å². The summed E-state index contributed by atoms with van der Waals surface area (Å²) in [5.74, 6) is 0.881. The Labute approximate surface area is 162 Å². The third kappa shape index (κ3) is 4.55. The number of hydrogen-bond donors (Lipinski definition) is 3. The fourth-order valence-corrected chi connectivity index (χ4v) is 4.69. The second-order valence-electron chi connectivity index (χ2n) is 7.23. The highest BCUT2D eigenvalue weighted by molar-refractivity contribution is 7.18. The maximum Gasteiger partial charge on any atom is 0.275 e. The van der Waals surface area contributed by atoms with E-state index in [1.165, 1.54) is 14.6 Å². The van der Waals surface area contributed by atoms with E-state index in [4.69, 9.17) is 9.40 Å². The van der Waals surface area contributed by atoms with Gasteiger partial charge in [0, 0.05) is 0 Å². The molecule has 3 aromatic rings. The summed E-state index contributed by atoms with van der Waals surface area (Å²) in [6, 6.07) is 12.0. The molecule has 3 N–H and O–H groups in total. The predicted octanol–water partition coefficient (Wildman–Crippen LogP) is 0.0501. The van der Waals surface area contributed by atoms with Crippen LogP contribution in [0, 0.1) is 0 Å². The summed E-state index contributed by atoms with van der Waals surface area (Å²) in [7, 11) is 0. The van der Waals surface area contributed by atoms with E-state index >= 15 is 0 Å². The first-order valence-corrected chi connectivity index (χ1v) is 10.3. The number of carbonyl (C=O) groups excluding carboxylic acids is 1. The molecule has 7 heteroatoms. The second kappa shape index (κ2) is 8.21. The molecule has 1 atom stereocenters. The van der Waals surface area contributed by atoms with Crippen LogP contribution in [0.1, 0.15) is 23.7 Å². The maximum absolute atomic E-state index is 12.3. The minimum absolute atomic E-state index is 0.0853. The van der Waals surface area contributed by atoms with Crippen molar-refractivity contribution in [3.63, 3.8) is 0 Å². The summed E-state index contributed by atoms with van der Waals surface area (Å²) in [5.41, 5.74) is 1.10. The monoisotopic (exact) mass is 386 g/mol. The van der Waals surface area contributed by atoms with Crippen molar-refractivity contribution in [3.8, 4) is 0 Å². The molecule has 6 nitrogen and oxygen atoms in total. The molecule has 1 fully saturated rings. The van der Waals surface area contributed by atoms with Gasteiger partial charge in [0.05, 0.1) is 22.5 Å². The summed E-state index contributed by atoms with van der Waals surface area (Å²) < 4.78 is 6.61. The molecule has 0 unspecified atom stereocenters. The highest BCUT2D eigenvalue weighted by Crippen LogP contribution is 2.20. The van der Waals surface area contributed by atoms with E-state index in [0.717, 1.165) is 44.0 Å². The van der Waals surface area contributed by atoms with Crippen LogP contribution in [0.4, 0.5) is 0 Å². The van der Waals surface area contributed by atoms with Crippen LogP contribution in [0.15, 0.2) is 47.1 Å². The summed E-state index contributed by atoms with van der Waals surface area (Å²) in [6.07, 6.45) is 1.64. The van der Waals surface area contributed by atoms with Crippen molar-refractivity contribution < 1.29 is 19.0 Å². The minimum Gasteiger partial charge on any atom is -0.467 e. The van der Waals surface area contributed by atoms with Gasteiger partial charge in [-0.15, -0.1) is 11.3 Å². The van der Waals surface area contributed by atoms with E-state index in [0.29, 0.717) is 6.54 Å². The van der Waals surface area contributed by atoms with Crippen LogP contribution >= 0.6 is 11.3 Å². The molecule has 3 heterocycles. The number of hydrogen-bond acceptors (Lipinski definition) is 4. The normalized spacial score (nSPS) is 21.2. The molecule has 2 aromatic heterocycles. The molecule has 0 bridgehead atoms. The number of amides is 1. The Bertz CT molecular complexity index is 851. The summed E-state index contributed by atoms with van der Waals surface area (Å²) in [4.78, 5) is 20.0. The third-order valence-corrected chi connectivity index (χ3v) is 6.20. The van der Waals surface area contributed by atoms with Crippen LogP contribution in [-0.4, -0.2) is 43.6 Å². The molecule has 0 spiro atoms. The molecular formula is C20H26N4O2S+2. The summed E-state index contributed by atoms with van der Waals surface area (Å²) in [6.45, 7) is 7.64. The van der Waals surface area contributed by atoms with Crippen LogP contribution < -0.4 is 15.1 Å². The zero-order valence-electron chi connectivity index (χ0n) is 15.5. The van der Waals surface area contributed by atoms with Gasteiger partial charge in [0.1, 0.15) is 43.5 Å². The second-order valence-corrected chi connectivity index (χ2v) is 8.35. The highest BCUT2D eigenvalue weighted by atomic mass is 32.1. The lowest BCUT2D eigenvalue weighted by Crippen LogP contribution is -3.28. The molecule has 4 rings (SSSR count). The highest BCUT2D eigenvalue weighted by Gasteiger charge is 2.26. The Balaban J connectivity index is 1.23. The van der Waals surface area contributed by atoms with Gasteiger partial charge in [-0.1, -0.05) is 12.1 Å². The topological polar surface area (TPSA) is 64.0 Å². The average molecular weight is 387 g/mol. The summed E-state index contributed by atoms with van der Waals surface area (Å²) >= 11 is 1.80. The van der Waals surface area contributed by atoms with Gasteiger partial charge in [-0.05, 0) is 31.2 Å². The van der Waals surface area contributed by atoms with Crippen molar-refractivity contribution in [3.05, 3.63) is 53.4 Å². The number of fused-ring (bicyclic) bond motifs is 1. The van der Waals surface area contributed by atoms with Crippen LogP contribution in [0.5, 0.6) is 0 Å². The van der Waals surface area contributed by atoms with E-state index in [2.05, 4.69) is 23.5 Å². The lowest BCUT2D eigenvalue weighted by Gasteiger charge is -2.29. The number of nitrogens with one attached hydrogen (secondary N) is 3. The number of quaternary nitrogens is 2. The Morgan fingerprint density at radius 2 is 1.96 bits per heavy atom. The Morgan fingerprint density at radius 3 is 2.70 bits per heavy atom. The predicted molar refractivity (Wildman–Crippen MR) is 105 cm³/mol. The first-order chi connectivity index (χ1) is 13.2. The van der Waals surface area contributed by atoms with Gasteiger partial charge in [0.25, 0.3) is 5.91 Å². The largest absolute Gasteiger partial charge is 0.467 e. The molecule has 1 aliphatic rings. The quantitative estimate of drug-likeness (QED) is 0.561. The third-order valence-electron chi connectivity index (χ3n) is 5.16. The molecule has 0 aliphatic carbocycles. The van der Waals surface area contributed by atoms with E-state index in [9.17, 15) is 4.79 Å². The molecular weight excluding hydrogens is 360 g/mol. The molecule has 1 saturated heterocycles. The molecule has 142 valence electrons. The Hall–Kier alpha value is -2.22. The standard InChI is InChI=1S/C20H24N4O2S/c1-15(17-6-4-12-26-17)21-19(25)13-23-8-10-24(11-9-23)14-20-22-16-5-2-3-7-18(16)27-20/h2-7,12,15H,8-11,13-14H2,1H3,(H,21,25)/p+2/t15-/m0/s1. The fourth-order valence-electron chi connectivity index (χ4n) is 3.65. The average Bonchev–Trinajstić information content (AvgIpc) is 3.32. The number of para-hydroxylation sites is 1. The number of carbonyl (C=O) groups is 1. The van der Waals surface area contributed by atoms with Crippen LogP contribution in [-0.2, 0) is 11.3 Å². The minimum atomic E-state index is -0.0853. The molecule has 0 radical (unpaired) electrons. The van der Waals surface area contributed by atoms with Crippen molar-refractivity contribution in [2.24, 2.45) is 0 Å². The number of nitrogens with zero attached hydrogens (tertiary/aromatic N) is 1. The van der Waals surface area contributed by atoms with Crippen molar-refractivity contribution in [2.45, 2.75) is 19.5 Å². The van der Waals surface area contributed by atoms with E-state index in [1.54, 1.807) is 22.5 Å². The number of piperazine rings is 1. The first-order valence-electron chi connectivity index (χ1n) is 9.52. The van der Waals surface area contributed by atoms with Gasteiger partial charge in [0.2, 0.25) is 0 Å². The van der Waals surface area contributed by atoms with Gasteiger partial charge in [-0.25, -0.2) is 4.98 Å². The number of thiazole rings is 1. The number of benzene rings is 1. The van der Waals surface area contributed by atoms with Gasteiger partial charge in [-0.3, -0.25) is 4.79 Å². The number of aromatic nitrogens is 1. The lowest BCUT2D eigenvalue weighted by atomic mass is 10.2. The molecule has 0 saturated carbocycles. The van der Waals surface area contributed by atoms with Crippen LogP contribution in [0.3, 0.4) is 0 Å². The van der Waals surface area contributed by atoms with Gasteiger partial charge in [0.15, 0.2) is 6.54 Å². The Morgan fingerprint density at radius 1 is 1.19 bits per heavy atom. The number of furan rings is 1. The summed E-state index contributed by atoms with van der Waals surface area (Å²) in [5, 5.41) is 4.23. The number of rotatable bonds is 6. The molecule has 1 aliphatic heterocycles. The molecule has 27 heavy (non-hydrogen) atoms. The van der Waals surface area contributed by atoms with Crippen LogP contribution in [0.25, 0.3) is 10.2 Å². The molecule has 1 amide bonds. The van der Waals surface area contributed by atoms with Crippen LogP contribution in [0.2, 0.25) is 0 Å². The van der Waals surface area contributed by atoms with Gasteiger partial charge >= 0.3 is 0 Å². The zero-order valence-corrected chi connectivity index (χ0v) is 16.3. The van der Waals surface area contributed by atoms with Gasteiger partial charge < -0.3 is 19.5 Å². The maximum atomic E-state index is 12.3. The fraction of sp³-hybridized carbons (Fsp3) is 0.400. The van der Waals surface area contributed by atoms with Crippen molar-refractivity contribution in [2.75, 3.05) is 32.7 Å². The Kier molecular flexibility index (Phi) is 5.52. The first kappa shape index (κ1) is 18.2. The zero-order chi connectivity index (χ0) is 18.6. The van der Waals surface area contributed by atoms with E-state index in [1.807, 2.05) is 25.1 Å². The van der Waals surface area contributed by atoms with Crippen molar-refractivity contribution >= 4 is 27.5 Å². The van der Waals surface area contributed by atoms with Crippen molar-refractivity contribution in [1.82, 2.24) is 10.3 Å². The smallest absolute Gasteiger partial charge is 0.275 e. The van der Waals surface area contributed by atoms with E-state index < -0.39 is 0 Å². The molecule has 1 aromatic carbocycles. The SMILES string of the molecule is C[C@H](NC(=O)C[NH+]1CC[NH+](Cc2nc3ccccc3s2)CC1)c1ccco1.